The molecule has 0 radical (unpaired) electrons. The van der Waals surface area contributed by atoms with Crippen LogP contribution in [-0.2, 0) is 10.3 Å². The summed E-state index contributed by atoms with van der Waals surface area (Å²) in [5, 5.41) is 7.85. The average molecular weight is 267 g/mol. The zero-order chi connectivity index (χ0) is 14.7. The second-order valence-corrected chi connectivity index (χ2v) is 6.20. The standard InChI is InChI=1S/C14H25N3O2/c1-7-8-14(5,6)19-10-13(3,4)17-12(11(2)18)9-15-16-17/h9H,7-8,10H2,1-6H3. The molecule has 0 amide bonds. The fraction of sp³-hybridized carbons (Fsp3) is 0.786. The van der Waals surface area contributed by atoms with Gasteiger partial charge in [0.1, 0.15) is 5.69 Å². The Balaban J connectivity index is 2.81. The lowest BCUT2D eigenvalue weighted by Gasteiger charge is -2.32. The van der Waals surface area contributed by atoms with E-state index in [4.69, 9.17) is 4.74 Å². The van der Waals surface area contributed by atoms with Crippen LogP contribution in [-0.4, -0.2) is 33.0 Å². The van der Waals surface area contributed by atoms with E-state index in [2.05, 4.69) is 31.1 Å². The summed E-state index contributed by atoms with van der Waals surface area (Å²) in [4.78, 5) is 11.5. The van der Waals surface area contributed by atoms with Crippen LogP contribution < -0.4 is 0 Å². The van der Waals surface area contributed by atoms with Crippen molar-refractivity contribution in [1.82, 2.24) is 15.0 Å². The molecule has 0 atom stereocenters. The van der Waals surface area contributed by atoms with Gasteiger partial charge < -0.3 is 4.74 Å². The first-order valence-electron chi connectivity index (χ1n) is 6.76. The molecule has 0 saturated carbocycles. The molecule has 0 aromatic carbocycles. The molecule has 5 nitrogen and oxygen atoms in total. The number of ether oxygens (including phenoxy) is 1. The van der Waals surface area contributed by atoms with E-state index in [1.807, 2.05) is 13.8 Å². The predicted molar refractivity (Wildman–Crippen MR) is 74.3 cm³/mol. The maximum absolute atomic E-state index is 11.5. The zero-order valence-corrected chi connectivity index (χ0v) is 12.9. The highest BCUT2D eigenvalue weighted by atomic mass is 16.5. The Labute approximate surface area is 115 Å². The molecule has 0 aliphatic carbocycles. The maximum Gasteiger partial charge on any atom is 0.179 e. The first kappa shape index (κ1) is 15.8. The van der Waals surface area contributed by atoms with Crippen LogP contribution in [0, 0.1) is 0 Å². The van der Waals surface area contributed by atoms with Crippen molar-refractivity contribution in [2.45, 2.75) is 65.5 Å². The molecule has 0 fully saturated rings. The normalized spacial score (nSPS) is 12.7. The molecule has 1 heterocycles. The van der Waals surface area contributed by atoms with E-state index in [9.17, 15) is 4.79 Å². The van der Waals surface area contributed by atoms with Gasteiger partial charge in [-0.15, -0.1) is 5.10 Å². The lowest BCUT2D eigenvalue weighted by molar-refractivity contribution is -0.0587. The minimum Gasteiger partial charge on any atom is -0.373 e. The molecule has 0 aliphatic rings. The average Bonchev–Trinajstić information content (AvgIpc) is 2.76. The highest BCUT2D eigenvalue weighted by Crippen LogP contribution is 2.23. The Kier molecular flexibility index (Phi) is 4.85. The van der Waals surface area contributed by atoms with Crippen molar-refractivity contribution in [2.75, 3.05) is 6.61 Å². The second-order valence-electron chi connectivity index (χ2n) is 6.20. The van der Waals surface area contributed by atoms with Crippen LogP contribution in [0.1, 0.15) is 64.9 Å². The lowest BCUT2D eigenvalue weighted by atomic mass is 10.0. The minimum atomic E-state index is -0.400. The summed E-state index contributed by atoms with van der Waals surface area (Å²) >= 11 is 0. The van der Waals surface area contributed by atoms with Crippen molar-refractivity contribution >= 4 is 5.78 Å². The summed E-state index contributed by atoms with van der Waals surface area (Å²) in [6.07, 6.45) is 3.58. The van der Waals surface area contributed by atoms with Gasteiger partial charge in [-0.25, -0.2) is 4.68 Å². The number of nitrogens with zero attached hydrogens (tertiary/aromatic N) is 3. The monoisotopic (exact) mass is 267 g/mol. The van der Waals surface area contributed by atoms with Gasteiger partial charge in [-0.2, -0.15) is 0 Å². The Morgan fingerprint density at radius 1 is 1.37 bits per heavy atom. The van der Waals surface area contributed by atoms with Crippen molar-refractivity contribution in [2.24, 2.45) is 0 Å². The number of ketones is 1. The van der Waals surface area contributed by atoms with E-state index in [-0.39, 0.29) is 11.4 Å². The van der Waals surface area contributed by atoms with Crippen LogP contribution >= 0.6 is 0 Å². The summed E-state index contributed by atoms with van der Waals surface area (Å²) in [5.41, 5.74) is -0.0483. The SMILES string of the molecule is CCCC(C)(C)OCC(C)(C)n1nncc1C(C)=O. The summed E-state index contributed by atoms with van der Waals surface area (Å²) in [5.74, 6) is -0.0362. The summed E-state index contributed by atoms with van der Waals surface area (Å²) in [6, 6.07) is 0. The third-order valence-corrected chi connectivity index (χ3v) is 3.15. The van der Waals surface area contributed by atoms with Crippen LogP contribution in [0.15, 0.2) is 6.20 Å². The molecule has 0 bridgehead atoms. The fourth-order valence-electron chi connectivity index (χ4n) is 2.03. The lowest BCUT2D eigenvalue weighted by Crippen LogP contribution is -2.39. The summed E-state index contributed by atoms with van der Waals surface area (Å²) in [7, 11) is 0. The van der Waals surface area contributed by atoms with Crippen LogP contribution in [0.5, 0.6) is 0 Å². The van der Waals surface area contributed by atoms with Gasteiger partial charge in [-0.3, -0.25) is 4.79 Å². The van der Waals surface area contributed by atoms with Gasteiger partial charge in [0.25, 0.3) is 0 Å². The van der Waals surface area contributed by atoms with E-state index in [0.29, 0.717) is 12.3 Å². The van der Waals surface area contributed by atoms with Crippen LogP contribution in [0.25, 0.3) is 0 Å². The number of rotatable bonds is 7. The number of carbonyl (C=O) groups is 1. The molecule has 0 saturated heterocycles. The molecule has 19 heavy (non-hydrogen) atoms. The molecule has 1 aromatic heterocycles. The largest absolute Gasteiger partial charge is 0.373 e. The fourth-order valence-corrected chi connectivity index (χ4v) is 2.03. The van der Waals surface area contributed by atoms with Crippen molar-refractivity contribution in [1.29, 1.82) is 0 Å². The Hall–Kier alpha value is -1.23. The number of hydrogen-bond donors (Lipinski definition) is 0. The molecule has 108 valence electrons. The first-order valence-corrected chi connectivity index (χ1v) is 6.76. The van der Waals surface area contributed by atoms with Crippen molar-refractivity contribution in [3.05, 3.63) is 11.9 Å². The smallest absolute Gasteiger partial charge is 0.179 e. The van der Waals surface area contributed by atoms with Gasteiger partial charge in [0.05, 0.1) is 23.9 Å². The predicted octanol–water partition coefficient (Wildman–Crippen LogP) is 2.81. The van der Waals surface area contributed by atoms with Gasteiger partial charge in [0, 0.05) is 6.92 Å². The summed E-state index contributed by atoms with van der Waals surface area (Å²) < 4.78 is 7.64. The van der Waals surface area contributed by atoms with E-state index in [0.717, 1.165) is 12.8 Å². The van der Waals surface area contributed by atoms with Crippen molar-refractivity contribution in [3.63, 3.8) is 0 Å². The highest BCUT2D eigenvalue weighted by Gasteiger charge is 2.29. The molecule has 1 aromatic rings. The first-order chi connectivity index (χ1) is 8.69. The van der Waals surface area contributed by atoms with E-state index >= 15 is 0 Å². The number of aromatic nitrogens is 3. The Morgan fingerprint density at radius 2 is 2.00 bits per heavy atom. The zero-order valence-electron chi connectivity index (χ0n) is 12.9. The van der Waals surface area contributed by atoms with E-state index in [1.54, 1.807) is 4.68 Å². The van der Waals surface area contributed by atoms with Crippen molar-refractivity contribution < 1.29 is 9.53 Å². The van der Waals surface area contributed by atoms with Crippen molar-refractivity contribution in [3.8, 4) is 0 Å². The number of carbonyl (C=O) groups excluding carboxylic acids is 1. The molecule has 0 unspecified atom stereocenters. The molecule has 0 aliphatic heterocycles. The van der Waals surface area contributed by atoms with Gasteiger partial charge in [0.15, 0.2) is 5.78 Å². The van der Waals surface area contributed by atoms with Crippen LogP contribution in [0.3, 0.4) is 0 Å². The highest BCUT2D eigenvalue weighted by molar-refractivity contribution is 5.92. The van der Waals surface area contributed by atoms with E-state index in [1.165, 1.54) is 13.1 Å². The quantitative estimate of drug-likeness (QED) is 0.713. The third kappa shape index (κ3) is 4.13. The molecule has 1 rings (SSSR count). The topological polar surface area (TPSA) is 57.0 Å². The Morgan fingerprint density at radius 3 is 2.53 bits per heavy atom. The van der Waals surface area contributed by atoms with Gasteiger partial charge in [0.2, 0.25) is 0 Å². The Bertz CT molecular complexity index is 436. The molecule has 0 spiro atoms. The number of Topliss-reactive ketones (excluding diaryl/α,β-unsaturated/α-hetero) is 1. The second kappa shape index (κ2) is 5.82. The van der Waals surface area contributed by atoms with Gasteiger partial charge >= 0.3 is 0 Å². The number of hydrogen-bond acceptors (Lipinski definition) is 4. The molecular weight excluding hydrogens is 242 g/mol. The van der Waals surface area contributed by atoms with E-state index < -0.39 is 5.54 Å². The molecule has 0 N–H and O–H groups in total. The van der Waals surface area contributed by atoms with Crippen LogP contribution in [0.4, 0.5) is 0 Å². The van der Waals surface area contributed by atoms with Crippen LogP contribution in [0.2, 0.25) is 0 Å². The van der Waals surface area contributed by atoms with Gasteiger partial charge in [-0.05, 0) is 34.1 Å². The third-order valence-electron chi connectivity index (χ3n) is 3.15. The molecule has 5 heteroatoms. The maximum atomic E-state index is 11.5. The summed E-state index contributed by atoms with van der Waals surface area (Å²) in [6.45, 7) is 12.3. The van der Waals surface area contributed by atoms with Gasteiger partial charge in [-0.1, -0.05) is 18.6 Å². The molecular formula is C14H25N3O2. The minimum absolute atomic E-state index is 0.0362.